The van der Waals surface area contributed by atoms with Crippen molar-refractivity contribution in [2.45, 2.75) is 51.0 Å². The fourth-order valence-corrected chi connectivity index (χ4v) is 3.95. The first-order chi connectivity index (χ1) is 12.1. The van der Waals surface area contributed by atoms with E-state index in [-0.39, 0.29) is 12.5 Å². The van der Waals surface area contributed by atoms with Crippen LogP contribution in [0.15, 0.2) is 4.99 Å². The van der Waals surface area contributed by atoms with Crippen LogP contribution in [0.2, 0.25) is 0 Å². The molecule has 3 aliphatic rings. The fourth-order valence-electron chi connectivity index (χ4n) is 3.95. The van der Waals surface area contributed by atoms with Crippen LogP contribution in [0.5, 0.6) is 0 Å². The summed E-state index contributed by atoms with van der Waals surface area (Å²) in [6, 6.07) is 0.519. The molecule has 0 radical (unpaired) electrons. The fraction of sp³-hybridized carbons (Fsp3) is 0.895. The smallest absolute Gasteiger partial charge is 0.243 e. The highest BCUT2D eigenvalue weighted by Crippen LogP contribution is 2.44. The summed E-state index contributed by atoms with van der Waals surface area (Å²) in [5.74, 6) is 3.31. The number of amides is 1. The van der Waals surface area contributed by atoms with E-state index in [1.165, 1.54) is 38.5 Å². The third-order valence-corrected chi connectivity index (χ3v) is 5.74. The molecule has 3 saturated carbocycles. The Hall–Kier alpha value is -1.30. The van der Waals surface area contributed by atoms with Gasteiger partial charge in [0.25, 0.3) is 0 Å². The second-order valence-corrected chi connectivity index (χ2v) is 8.18. The standard InChI is InChI=1S/C19H34N4O2/c1-23(2)18(24)12-21-19(20-8-3-9-25-13-14-4-5-14)22-17-11-15-6-7-16(17)10-15/h14-17H,3-13H2,1-2H3,(H2,20,21,22). The maximum absolute atomic E-state index is 11.8. The van der Waals surface area contributed by atoms with E-state index in [1.807, 2.05) is 0 Å². The van der Waals surface area contributed by atoms with Gasteiger partial charge in [-0.3, -0.25) is 4.79 Å². The van der Waals surface area contributed by atoms with Gasteiger partial charge in [-0.15, -0.1) is 0 Å². The number of aliphatic imine (C=N–C) groups is 1. The van der Waals surface area contributed by atoms with Crippen molar-refractivity contribution >= 4 is 11.9 Å². The van der Waals surface area contributed by atoms with E-state index < -0.39 is 0 Å². The van der Waals surface area contributed by atoms with Gasteiger partial charge in [0.2, 0.25) is 5.91 Å². The average Bonchev–Trinajstić information content (AvgIpc) is 3.18. The normalized spacial score (nSPS) is 28.2. The molecule has 2 N–H and O–H groups in total. The monoisotopic (exact) mass is 350 g/mol. The van der Waals surface area contributed by atoms with Crippen LogP contribution in [0, 0.1) is 17.8 Å². The van der Waals surface area contributed by atoms with E-state index in [0.29, 0.717) is 6.04 Å². The summed E-state index contributed by atoms with van der Waals surface area (Å²) in [5, 5.41) is 6.98. The van der Waals surface area contributed by atoms with Crippen LogP contribution < -0.4 is 10.6 Å². The summed E-state index contributed by atoms with van der Waals surface area (Å²) < 4.78 is 5.68. The van der Waals surface area contributed by atoms with E-state index in [1.54, 1.807) is 19.0 Å². The molecule has 0 saturated heterocycles. The Morgan fingerprint density at radius 3 is 2.68 bits per heavy atom. The maximum atomic E-state index is 11.8. The van der Waals surface area contributed by atoms with Gasteiger partial charge in [0.05, 0.1) is 0 Å². The topological polar surface area (TPSA) is 66.0 Å². The number of hydrogen-bond acceptors (Lipinski definition) is 3. The number of carbonyl (C=O) groups is 1. The van der Waals surface area contributed by atoms with Crippen molar-refractivity contribution in [3.05, 3.63) is 0 Å². The molecule has 0 aliphatic heterocycles. The Balaban J connectivity index is 1.41. The predicted octanol–water partition coefficient (Wildman–Crippen LogP) is 1.62. The molecule has 1 amide bonds. The van der Waals surface area contributed by atoms with Gasteiger partial charge in [-0.05, 0) is 56.3 Å². The van der Waals surface area contributed by atoms with Crippen LogP contribution in [-0.4, -0.2) is 63.2 Å². The largest absolute Gasteiger partial charge is 0.381 e. The molecule has 25 heavy (non-hydrogen) atoms. The van der Waals surface area contributed by atoms with Crippen molar-refractivity contribution in [3.8, 4) is 0 Å². The lowest BCUT2D eigenvalue weighted by molar-refractivity contribution is -0.127. The van der Waals surface area contributed by atoms with Crippen LogP contribution in [0.3, 0.4) is 0 Å². The molecule has 142 valence electrons. The number of likely N-dealkylation sites (N-methyl/N-ethyl adjacent to an activating group) is 1. The first-order valence-electron chi connectivity index (χ1n) is 9.94. The van der Waals surface area contributed by atoms with Gasteiger partial charge in [0.1, 0.15) is 6.54 Å². The quantitative estimate of drug-likeness (QED) is 0.377. The molecule has 3 aliphatic carbocycles. The zero-order valence-electron chi connectivity index (χ0n) is 15.8. The summed E-state index contributed by atoms with van der Waals surface area (Å²) in [7, 11) is 3.54. The number of carbonyl (C=O) groups excluding carboxylic acids is 1. The number of nitrogens with one attached hydrogen (secondary N) is 2. The molecule has 3 unspecified atom stereocenters. The Morgan fingerprint density at radius 2 is 2.04 bits per heavy atom. The molecule has 0 aromatic heterocycles. The van der Waals surface area contributed by atoms with Gasteiger partial charge in [0, 0.05) is 39.9 Å². The van der Waals surface area contributed by atoms with Gasteiger partial charge in [0.15, 0.2) is 5.96 Å². The van der Waals surface area contributed by atoms with Gasteiger partial charge in [-0.1, -0.05) is 6.42 Å². The molecule has 3 rings (SSSR count). The molecule has 3 atom stereocenters. The molecular formula is C19H34N4O2. The van der Waals surface area contributed by atoms with Crippen LogP contribution in [0.1, 0.15) is 44.9 Å². The lowest BCUT2D eigenvalue weighted by atomic mass is 9.95. The highest BCUT2D eigenvalue weighted by molar-refractivity contribution is 5.85. The second-order valence-electron chi connectivity index (χ2n) is 8.18. The van der Waals surface area contributed by atoms with Gasteiger partial charge in [-0.25, -0.2) is 4.99 Å². The van der Waals surface area contributed by atoms with Gasteiger partial charge >= 0.3 is 0 Å². The third-order valence-electron chi connectivity index (χ3n) is 5.74. The van der Waals surface area contributed by atoms with E-state index >= 15 is 0 Å². The summed E-state index contributed by atoms with van der Waals surface area (Å²) >= 11 is 0. The second kappa shape index (κ2) is 8.88. The number of nitrogens with zero attached hydrogens (tertiary/aromatic N) is 2. The minimum Gasteiger partial charge on any atom is -0.381 e. The zero-order valence-corrected chi connectivity index (χ0v) is 15.8. The van der Waals surface area contributed by atoms with E-state index in [9.17, 15) is 4.79 Å². The number of hydrogen-bond donors (Lipinski definition) is 2. The summed E-state index contributed by atoms with van der Waals surface area (Å²) in [6.07, 6.45) is 8.96. The van der Waals surface area contributed by atoms with Crippen LogP contribution >= 0.6 is 0 Å². The van der Waals surface area contributed by atoms with Gasteiger partial charge < -0.3 is 20.3 Å². The Kier molecular flexibility index (Phi) is 6.57. The minimum atomic E-state index is 0.0295. The van der Waals surface area contributed by atoms with Crippen molar-refractivity contribution < 1.29 is 9.53 Å². The molecule has 0 spiro atoms. The first-order valence-corrected chi connectivity index (χ1v) is 9.94. The first kappa shape index (κ1) is 18.5. The molecule has 0 heterocycles. The third kappa shape index (κ3) is 5.87. The number of ether oxygens (including phenoxy) is 1. The van der Waals surface area contributed by atoms with E-state index in [0.717, 1.165) is 49.9 Å². The molecule has 2 bridgehead atoms. The summed E-state index contributed by atoms with van der Waals surface area (Å²) in [5.41, 5.74) is 0. The number of fused-ring (bicyclic) bond motifs is 2. The SMILES string of the molecule is CN(C)C(=O)CN=C(NCCCOCC1CC1)NC1CC2CCC1C2. The van der Waals surface area contributed by atoms with E-state index in [4.69, 9.17) is 4.74 Å². The lowest BCUT2D eigenvalue weighted by Gasteiger charge is -2.25. The minimum absolute atomic E-state index is 0.0295. The molecule has 6 heteroatoms. The lowest BCUT2D eigenvalue weighted by Crippen LogP contribution is -2.46. The molecule has 0 aromatic carbocycles. The Morgan fingerprint density at radius 1 is 1.20 bits per heavy atom. The van der Waals surface area contributed by atoms with Gasteiger partial charge in [-0.2, -0.15) is 0 Å². The predicted molar refractivity (Wildman–Crippen MR) is 99.5 cm³/mol. The summed E-state index contributed by atoms with van der Waals surface area (Å²) in [6.45, 7) is 2.73. The molecule has 3 fully saturated rings. The average molecular weight is 351 g/mol. The molecule has 0 aromatic rings. The van der Waals surface area contributed by atoms with Crippen molar-refractivity contribution in [1.29, 1.82) is 0 Å². The maximum Gasteiger partial charge on any atom is 0.243 e. The molecular weight excluding hydrogens is 316 g/mol. The van der Waals surface area contributed by atoms with Crippen molar-refractivity contribution in [2.75, 3.05) is 40.4 Å². The summed E-state index contributed by atoms with van der Waals surface area (Å²) in [4.78, 5) is 17.9. The van der Waals surface area contributed by atoms with Crippen molar-refractivity contribution in [1.82, 2.24) is 15.5 Å². The van der Waals surface area contributed by atoms with Crippen LogP contribution in [0.25, 0.3) is 0 Å². The van der Waals surface area contributed by atoms with E-state index in [2.05, 4.69) is 15.6 Å². The molecule has 6 nitrogen and oxygen atoms in total. The van der Waals surface area contributed by atoms with Crippen LogP contribution in [-0.2, 0) is 9.53 Å². The van der Waals surface area contributed by atoms with Crippen molar-refractivity contribution in [3.63, 3.8) is 0 Å². The van der Waals surface area contributed by atoms with Crippen molar-refractivity contribution in [2.24, 2.45) is 22.7 Å². The zero-order chi connectivity index (χ0) is 17.6. The highest BCUT2D eigenvalue weighted by Gasteiger charge is 2.39. The highest BCUT2D eigenvalue weighted by atomic mass is 16.5. The number of rotatable bonds is 9. The number of guanidine groups is 1. The Labute approximate surface area is 151 Å². The van der Waals surface area contributed by atoms with Crippen LogP contribution in [0.4, 0.5) is 0 Å². The Bertz CT molecular complexity index is 476.